The van der Waals surface area contributed by atoms with Crippen molar-refractivity contribution in [3.05, 3.63) is 94.1 Å². The highest BCUT2D eigenvalue weighted by molar-refractivity contribution is 5.92. The van der Waals surface area contributed by atoms with Gasteiger partial charge in [-0.05, 0) is 86.3 Å². The normalized spacial score (nSPS) is 21.6. The molecule has 3 aliphatic carbocycles. The summed E-state index contributed by atoms with van der Waals surface area (Å²) in [6.07, 6.45) is 6.89. The van der Waals surface area contributed by atoms with Gasteiger partial charge in [-0.2, -0.15) is 0 Å². The van der Waals surface area contributed by atoms with Gasteiger partial charge in [-0.3, -0.25) is 0 Å². The van der Waals surface area contributed by atoms with Gasteiger partial charge in [0.05, 0.1) is 11.1 Å². The second kappa shape index (κ2) is 8.42. The second-order valence-electron chi connectivity index (χ2n) is 8.98. The molecule has 4 heteroatoms. The monoisotopic (exact) mass is 428 g/mol. The van der Waals surface area contributed by atoms with Crippen molar-refractivity contribution < 1.29 is 19.1 Å². The first kappa shape index (κ1) is 20.7. The number of allylic oxidation sites excluding steroid dienone is 2. The molecule has 164 valence electrons. The van der Waals surface area contributed by atoms with Crippen molar-refractivity contribution in [2.45, 2.75) is 57.7 Å². The van der Waals surface area contributed by atoms with E-state index in [0.29, 0.717) is 11.1 Å². The molecule has 5 rings (SSSR count). The Morgan fingerprint density at radius 2 is 1.28 bits per heavy atom. The molecular weight excluding hydrogens is 400 g/mol. The van der Waals surface area contributed by atoms with E-state index in [-0.39, 0.29) is 5.92 Å². The van der Waals surface area contributed by atoms with Crippen LogP contribution in [0.1, 0.15) is 72.6 Å². The van der Waals surface area contributed by atoms with Crippen LogP contribution in [-0.2, 0) is 9.47 Å². The van der Waals surface area contributed by atoms with Crippen LogP contribution in [0.4, 0.5) is 0 Å². The first-order valence-corrected chi connectivity index (χ1v) is 11.6. The van der Waals surface area contributed by atoms with Crippen molar-refractivity contribution in [2.24, 2.45) is 5.92 Å². The van der Waals surface area contributed by atoms with E-state index < -0.39 is 17.7 Å². The number of rotatable bonds is 4. The molecule has 1 unspecified atom stereocenters. The number of fused-ring (bicyclic) bond motifs is 1. The Balaban J connectivity index is 1.63. The Bertz CT molecular complexity index is 1040. The molecule has 0 bridgehead atoms. The van der Waals surface area contributed by atoms with Crippen LogP contribution in [0, 0.1) is 5.92 Å². The standard InChI is InChI=1S/C28H28O4/c1-19-11-10-17-23-22-16-8-9-18-24(22)28(25(19)23,31-26(29)20-12-4-2-5-13-20)32-27(30)21-14-6-3-7-15-21/h2-7,12-15,19H,8-11,16-18H2,1H3. The average molecular weight is 429 g/mol. The molecule has 0 radical (unpaired) electrons. The third-order valence-electron chi connectivity index (χ3n) is 6.96. The lowest BCUT2D eigenvalue weighted by Crippen LogP contribution is -2.45. The molecule has 3 aliphatic rings. The molecule has 2 aromatic rings. The molecule has 4 nitrogen and oxygen atoms in total. The Kier molecular flexibility index (Phi) is 5.46. The minimum atomic E-state index is -1.44. The van der Waals surface area contributed by atoms with Gasteiger partial charge in [0.2, 0.25) is 0 Å². The molecule has 0 saturated heterocycles. The van der Waals surface area contributed by atoms with Crippen LogP contribution in [0.5, 0.6) is 0 Å². The summed E-state index contributed by atoms with van der Waals surface area (Å²) >= 11 is 0. The summed E-state index contributed by atoms with van der Waals surface area (Å²) in [6.45, 7) is 2.16. The number of benzene rings is 2. The van der Waals surface area contributed by atoms with E-state index in [1.165, 1.54) is 11.1 Å². The first-order valence-electron chi connectivity index (χ1n) is 11.6. The minimum absolute atomic E-state index is 0.177. The largest absolute Gasteiger partial charge is 0.411 e. The number of esters is 2. The maximum atomic E-state index is 13.3. The lowest BCUT2D eigenvalue weighted by Gasteiger charge is -2.38. The molecular formula is C28H28O4. The molecule has 0 heterocycles. The zero-order valence-electron chi connectivity index (χ0n) is 18.4. The van der Waals surface area contributed by atoms with Gasteiger partial charge in [0.25, 0.3) is 0 Å². The summed E-state index contributed by atoms with van der Waals surface area (Å²) in [5.74, 6) is -2.19. The molecule has 0 aromatic heterocycles. The Morgan fingerprint density at radius 1 is 0.750 bits per heavy atom. The maximum absolute atomic E-state index is 13.3. The molecule has 0 amide bonds. The number of carbonyl (C=O) groups is 2. The van der Waals surface area contributed by atoms with E-state index in [2.05, 4.69) is 6.92 Å². The molecule has 0 fully saturated rings. The highest BCUT2D eigenvalue weighted by atomic mass is 16.7. The van der Waals surface area contributed by atoms with Gasteiger partial charge in [-0.25, -0.2) is 9.59 Å². The second-order valence-corrected chi connectivity index (χ2v) is 8.98. The van der Waals surface area contributed by atoms with E-state index in [4.69, 9.17) is 9.47 Å². The van der Waals surface area contributed by atoms with Gasteiger partial charge in [0, 0.05) is 11.1 Å². The zero-order chi connectivity index (χ0) is 22.1. The van der Waals surface area contributed by atoms with Crippen molar-refractivity contribution in [2.75, 3.05) is 0 Å². The van der Waals surface area contributed by atoms with Crippen LogP contribution in [0.2, 0.25) is 0 Å². The van der Waals surface area contributed by atoms with Crippen molar-refractivity contribution in [3.8, 4) is 0 Å². The van der Waals surface area contributed by atoms with Crippen LogP contribution in [0.15, 0.2) is 83.0 Å². The molecule has 0 N–H and O–H groups in total. The van der Waals surface area contributed by atoms with Crippen molar-refractivity contribution in [1.82, 2.24) is 0 Å². The zero-order valence-corrected chi connectivity index (χ0v) is 18.4. The molecule has 0 saturated carbocycles. The predicted molar refractivity (Wildman–Crippen MR) is 122 cm³/mol. The quantitative estimate of drug-likeness (QED) is 0.418. The summed E-state index contributed by atoms with van der Waals surface area (Å²) in [4.78, 5) is 26.6. The fraction of sp³-hybridized carbons (Fsp3) is 0.357. The SMILES string of the molecule is CC1CCCC2=C1C(OC(=O)c1ccccc1)(OC(=O)c1ccccc1)C1=C2CCCC1. The predicted octanol–water partition coefficient (Wildman–Crippen LogP) is 6.40. The molecule has 0 spiro atoms. The third-order valence-corrected chi connectivity index (χ3v) is 6.96. The van der Waals surface area contributed by atoms with Crippen LogP contribution in [-0.4, -0.2) is 17.7 Å². The van der Waals surface area contributed by atoms with Crippen molar-refractivity contribution in [3.63, 3.8) is 0 Å². The molecule has 32 heavy (non-hydrogen) atoms. The van der Waals surface area contributed by atoms with Gasteiger partial charge in [-0.1, -0.05) is 43.3 Å². The van der Waals surface area contributed by atoms with Crippen molar-refractivity contribution >= 4 is 11.9 Å². The summed E-state index contributed by atoms with van der Waals surface area (Å²) in [5, 5.41) is 0. The number of hydrogen-bond donors (Lipinski definition) is 0. The van der Waals surface area contributed by atoms with E-state index in [1.807, 2.05) is 36.4 Å². The van der Waals surface area contributed by atoms with Gasteiger partial charge in [0.15, 0.2) is 0 Å². The average Bonchev–Trinajstić information content (AvgIpc) is 3.11. The van der Waals surface area contributed by atoms with Crippen LogP contribution in [0.25, 0.3) is 0 Å². The summed E-state index contributed by atoms with van der Waals surface area (Å²) < 4.78 is 12.6. The van der Waals surface area contributed by atoms with Gasteiger partial charge in [-0.15, -0.1) is 0 Å². The Morgan fingerprint density at radius 3 is 1.88 bits per heavy atom. The third kappa shape index (κ3) is 3.48. The summed E-state index contributed by atoms with van der Waals surface area (Å²) in [6, 6.07) is 17.9. The van der Waals surface area contributed by atoms with E-state index in [0.717, 1.165) is 56.1 Å². The fourth-order valence-electron chi connectivity index (χ4n) is 5.54. The lowest BCUT2D eigenvalue weighted by atomic mass is 9.81. The fourth-order valence-corrected chi connectivity index (χ4v) is 5.54. The first-order chi connectivity index (χ1) is 15.6. The van der Waals surface area contributed by atoms with E-state index in [1.54, 1.807) is 24.3 Å². The van der Waals surface area contributed by atoms with Crippen LogP contribution in [0.3, 0.4) is 0 Å². The number of hydrogen-bond acceptors (Lipinski definition) is 4. The number of carbonyl (C=O) groups excluding carboxylic acids is 2. The minimum Gasteiger partial charge on any atom is -0.411 e. The van der Waals surface area contributed by atoms with E-state index in [9.17, 15) is 9.59 Å². The van der Waals surface area contributed by atoms with Gasteiger partial charge in [0.1, 0.15) is 0 Å². The maximum Gasteiger partial charge on any atom is 0.341 e. The summed E-state index contributed by atoms with van der Waals surface area (Å²) in [5.41, 5.74) is 5.41. The van der Waals surface area contributed by atoms with Gasteiger partial charge >= 0.3 is 17.7 Å². The molecule has 1 atom stereocenters. The van der Waals surface area contributed by atoms with Crippen molar-refractivity contribution in [1.29, 1.82) is 0 Å². The molecule has 2 aromatic carbocycles. The Hall–Kier alpha value is -3.14. The smallest absolute Gasteiger partial charge is 0.341 e. The topological polar surface area (TPSA) is 52.6 Å². The van der Waals surface area contributed by atoms with E-state index >= 15 is 0 Å². The Labute approximate surface area is 188 Å². The van der Waals surface area contributed by atoms with Crippen LogP contribution >= 0.6 is 0 Å². The number of ether oxygens (including phenoxy) is 2. The van der Waals surface area contributed by atoms with Gasteiger partial charge < -0.3 is 9.47 Å². The summed E-state index contributed by atoms with van der Waals surface area (Å²) in [7, 11) is 0. The highest BCUT2D eigenvalue weighted by Crippen LogP contribution is 2.56. The lowest BCUT2D eigenvalue weighted by molar-refractivity contribution is -0.124. The highest BCUT2D eigenvalue weighted by Gasteiger charge is 2.55. The van der Waals surface area contributed by atoms with Crippen LogP contribution < -0.4 is 0 Å². The molecule has 0 aliphatic heterocycles.